The number of nitrogens with one attached hydrogen (secondary N) is 1. The molecule has 1 saturated heterocycles. The lowest BCUT2D eigenvalue weighted by Gasteiger charge is -2.01. The fourth-order valence-electron chi connectivity index (χ4n) is 0.593. The quantitative estimate of drug-likeness (QED) is 0.479. The van der Waals surface area contributed by atoms with Crippen molar-refractivity contribution in [2.24, 2.45) is 5.92 Å². The van der Waals surface area contributed by atoms with Crippen molar-refractivity contribution < 1.29 is 0 Å². The molecule has 7 heavy (non-hydrogen) atoms. The SMILES string of the molecule is CC1SNC[C@@H]1C. The number of hydrogen-bond acceptors (Lipinski definition) is 2. The second-order valence-electron chi connectivity index (χ2n) is 2.15. The molecule has 1 unspecified atom stereocenters. The molecule has 0 spiro atoms. The molecule has 0 bridgehead atoms. The van der Waals surface area contributed by atoms with Gasteiger partial charge in [0.25, 0.3) is 0 Å². The minimum atomic E-state index is 0.819. The Hall–Kier alpha value is 0.310. The molecule has 2 heteroatoms. The second kappa shape index (κ2) is 2.05. The normalized spacial score (nSPS) is 42.0. The Morgan fingerprint density at radius 3 is 2.43 bits per heavy atom. The van der Waals surface area contributed by atoms with E-state index >= 15 is 0 Å². The van der Waals surface area contributed by atoms with E-state index in [2.05, 4.69) is 18.6 Å². The summed E-state index contributed by atoms with van der Waals surface area (Å²) < 4.78 is 3.24. The van der Waals surface area contributed by atoms with Gasteiger partial charge in [-0.05, 0) is 5.92 Å². The summed E-state index contributed by atoms with van der Waals surface area (Å²) in [6.45, 7) is 5.72. The van der Waals surface area contributed by atoms with Gasteiger partial charge in [-0.3, -0.25) is 4.72 Å². The van der Waals surface area contributed by atoms with Crippen molar-refractivity contribution in [2.45, 2.75) is 19.1 Å². The highest BCUT2D eigenvalue weighted by molar-refractivity contribution is 7.98. The molecule has 1 nitrogen and oxygen atoms in total. The van der Waals surface area contributed by atoms with Crippen molar-refractivity contribution in [1.29, 1.82) is 0 Å². The van der Waals surface area contributed by atoms with Gasteiger partial charge in [0.2, 0.25) is 0 Å². The largest absolute Gasteiger partial charge is 0.264 e. The van der Waals surface area contributed by atoms with Crippen LogP contribution in [0.1, 0.15) is 13.8 Å². The van der Waals surface area contributed by atoms with Gasteiger partial charge in [-0.15, -0.1) is 0 Å². The van der Waals surface area contributed by atoms with E-state index in [1.807, 2.05) is 11.9 Å². The molecule has 1 aliphatic heterocycles. The maximum Gasteiger partial charge on any atom is 0.0202 e. The zero-order valence-corrected chi connectivity index (χ0v) is 5.59. The molecule has 1 N–H and O–H groups in total. The molecule has 0 radical (unpaired) electrons. The predicted octanol–water partition coefficient (Wildman–Crippen LogP) is 1.26. The Balaban J connectivity index is 2.33. The number of hydrogen-bond donors (Lipinski definition) is 1. The smallest absolute Gasteiger partial charge is 0.0202 e. The first kappa shape index (κ1) is 5.45. The molecule has 0 saturated carbocycles. The topological polar surface area (TPSA) is 12.0 Å². The molecule has 0 aromatic heterocycles. The summed E-state index contributed by atoms with van der Waals surface area (Å²) in [5, 5.41) is 0.819. The fraction of sp³-hybridized carbons (Fsp3) is 1.00. The van der Waals surface area contributed by atoms with Gasteiger partial charge in [-0.2, -0.15) is 0 Å². The average molecular weight is 117 g/mol. The first-order valence-corrected chi connectivity index (χ1v) is 3.57. The van der Waals surface area contributed by atoms with Crippen molar-refractivity contribution in [2.75, 3.05) is 6.54 Å². The fourth-order valence-corrected chi connectivity index (χ4v) is 1.54. The van der Waals surface area contributed by atoms with Crippen LogP contribution in [-0.2, 0) is 0 Å². The molecule has 0 amide bonds. The Morgan fingerprint density at radius 1 is 1.57 bits per heavy atom. The molecule has 0 aliphatic carbocycles. The van der Waals surface area contributed by atoms with Gasteiger partial charge in [0, 0.05) is 11.8 Å². The summed E-state index contributed by atoms with van der Waals surface area (Å²) in [6.07, 6.45) is 0. The van der Waals surface area contributed by atoms with E-state index < -0.39 is 0 Å². The van der Waals surface area contributed by atoms with E-state index in [1.54, 1.807) is 0 Å². The van der Waals surface area contributed by atoms with Crippen LogP contribution in [0.25, 0.3) is 0 Å². The molecule has 1 aliphatic rings. The van der Waals surface area contributed by atoms with Crippen LogP contribution in [0.3, 0.4) is 0 Å². The third-order valence-corrected chi connectivity index (χ3v) is 2.65. The third-order valence-electron chi connectivity index (χ3n) is 1.48. The Labute approximate surface area is 49.0 Å². The minimum absolute atomic E-state index is 0.819. The standard InChI is InChI=1S/C5H11NS/c1-4-3-6-7-5(4)2/h4-6H,3H2,1-2H3/t4-,5?/m0/s1. The lowest BCUT2D eigenvalue weighted by molar-refractivity contribution is 0.608. The minimum Gasteiger partial charge on any atom is -0.264 e. The Bertz CT molecular complexity index is 57.1. The van der Waals surface area contributed by atoms with E-state index in [0.29, 0.717) is 0 Å². The van der Waals surface area contributed by atoms with Crippen LogP contribution < -0.4 is 4.72 Å². The van der Waals surface area contributed by atoms with Crippen LogP contribution in [0, 0.1) is 5.92 Å². The first-order valence-electron chi connectivity index (χ1n) is 2.69. The van der Waals surface area contributed by atoms with Crippen LogP contribution in [0.5, 0.6) is 0 Å². The summed E-state index contributed by atoms with van der Waals surface area (Å²) in [6, 6.07) is 0. The lowest BCUT2D eigenvalue weighted by atomic mass is 10.1. The zero-order valence-electron chi connectivity index (χ0n) is 4.77. The van der Waals surface area contributed by atoms with Crippen LogP contribution in [0.4, 0.5) is 0 Å². The highest BCUT2D eigenvalue weighted by Gasteiger charge is 2.18. The molecule has 1 heterocycles. The zero-order chi connectivity index (χ0) is 5.28. The molecule has 42 valence electrons. The summed E-state index contributed by atoms with van der Waals surface area (Å²) in [5.41, 5.74) is 0. The van der Waals surface area contributed by atoms with Crippen molar-refractivity contribution >= 4 is 11.9 Å². The summed E-state index contributed by atoms with van der Waals surface area (Å²) in [5.74, 6) is 0.866. The van der Waals surface area contributed by atoms with E-state index in [4.69, 9.17) is 0 Å². The van der Waals surface area contributed by atoms with E-state index in [0.717, 1.165) is 11.2 Å². The molecular weight excluding hydrogens is 106 g/mol. The van der Waals surface area contributed by atoms with Crippen LogP contribution in [-0.4, -0.2) is 11.8 Å². The molecule has 0 aromatic carbocycles. The number of rotatable bonds is 0. The highest BCUT2D eigenvalue weighted by Crippen LogP contribution is 2.21. The van der Waals surface area contributed by atoms with Crippen LogP contribution in [0.15, 0.2) is 0 Å². The van der Waals surface area contributed by atoms with Gasteiger partial charge in [0.05, 0.1) is 0 Å². The van der Waals surface area contributed by atoms with Gasteiger partial charge in [0.15, 0.2) is 0 Å². The molecular formula is C5H11NS. The average Bonchev–Trinajstić information content (AvgIpc) is 1.91. The Morgan fingerprint density at radius 2 is 2.29 bits per heavy atom. The molecule has 1 fully saturated rings. The van der Waals surface area contributed by atoms with Crippen molar-refractivity contribution in [3.05, 3.63) is 0 Å². The van der Waals surface area contributed by atoms with Crippen LogP contribution in [0.2, 0.25) is 0 Å². The predicted molar refractivity (Wildman–Crippen MR) is 34.2 cm³/mol. The third kappa shape index (κ3) is 1.10. The van der Waals surface area contributed by atoms with Crippen molar-refractivity contribution in [1.82, 2.24) is 4.72 Å². The van der Waals surface area contributed by atoms with Crippen LogP contribution >= 0.6 is 11.9 Å². The summed E-state index contributed by atoms with van der Waals surface area (Å²) in [4.78, 5) is 0. The molecule has 1 rings (SSSR count). The summed E-state index contributed by atoms with van der Waals surface area (Å²) >= 11 is 1.86. The van der Waals surface area contributed by atoms with Gasteiger partial charge in [-0.25, -0.2) is 0 Å². The van der Waals surface area contributed by atoms with E-state index in [9.17, 15) is 0 Å². The van der Waals surface area contributed by atoms with Crippen molar-refractivity contribution in [3.8, 4) is 0 Å². The highest BCUT2D eigenvalue weighted by atomic mass is 32.2. The molecule has 0 aromatic rings. The lowest BCUT2D eigenvalue weighted by Crippen LogP contribution is -2.06. The monoisotopic (exact) mass is 117 g/mol. The summed E-state index contributed by atoms with van der Waals surface area (Å²) in [7, 11) is 0. The Kier molecular flexibility index (Phi) is 1.60. The van der Waals surface area contributed by atoms with Gasteiger partial charge in [0.1, 0.15) is 0 Å². The van der Waals surface area contributed by atoms with E-state index in [-0.39, 0.29) is 0 Å². The van der Waals surface area contributed by atoms with Gasteiger partial charge < -0.3 is 0 Å². The second-order valence-corrected chi connectivity index (χ2v) is 3.42. The van der Waals surface area contributed by atoms with Crippen molar-refractivity contribution in [3.63, 3.8) is 0 Å². The first-order chi connectivity index (χ1) is 3.30. The van der Waals surface area contributed by atoms with Gasteiger partial charge in [-0.1, -0.05) is 25.8 Å². The maximum atomic E-state index is 3.24. The van der Waals surface area contributed by atoms with Gasteiger partial charge >= 0.3 is 0 Å². The maximum absolute atomic E-state index is 3.24. The molecule has 2 atom stereocenters. The van der Waals surface area contributed by atoms with E-state index in [1.165, 1.54) is 6.54 Å².